The monoisotopic (exact) mass is 354 g/mol. The van der Waals surface area contributed by atoms with E-state index in [1.807, 2.05) is 54.9 Å². The van der Waals surface area contributed by atoms with Crippen molar-refractivity contribution in [3.63, 3.8) is 0 Å². The summed E-state index contributed by atoms with van der Waals surface area (Å²) in [4.78, 5) is 14.4. The topological polar surface area (TPSA) is 59.0 Å². The van der Waals surface area contributed by atoms with Gasteiger partial charge >= 0.3 is 6.03 Å². The molecule has 2 aromatic heterocycles. The third-order valence-corrected chi connectivity index (χ3v) is 5.09. The van der Waals surface area contributed by atoms with Crippen LogP contribution in [0.4, 0.5) is 4.79 Å². The van der Waals surface area contributed by atoms with Gasteiger partial charge in [-0.2, -0.15) is 5.10 Å². The molecule has 2 N–H and O–H groups in total. The van der Waals surface area contributed by atoms with Crippen molar-refractivity contribution in [3.8, 4) is 5.69 Å². The van der Waals surface area contributed by atoms with Crippen LogP contribution >= 0.6 is 11.3 Å². The van der Waals surface area contributed by atoms with E-state index in [1.165, 1.54) is 4.88 Å². The van der Waals surface area contributed by atoms with E-state index in [4.69, 9.17) is 0 Å². The van der Waals surface area contributed by atoms with Crippen molar-refractivity contribution < 1.29 is 4.79 Å². The summed E-state index contributed by atoms with van der Waals surface area (Å²) in [5.74, 6) is 0. The minimum Gasteiger partial charge on any atom is -0.334 e. The van der Waals surface area contributed by atoms with Crippen LogP contribution in [0.25, 0.3) is 5.69 Å². The molecule has 0 aliphatic heterocycles. The Kier molecular flexibility index (Phi) is 5.19. The van der Waals surface area contributed by atoms with Gasteiger partial charge in [0.1, 0.15) is 0 Å². The van der Waals surface area contributed by atoms with E-state index < -0.39 is 0 Å². The number of benzene rings is 1. The largest absolute Gasteiger partial charge is 0.334 e. The summed E-state index contributed by atoms with van der Waals surface area (Å²) in [6.45, 7) is 7.06. The van der Waals surface area contributed by atoms with E-state index in [-0.39, 0.29) is 6.03 Å². The van der Waals surface area contributed by atoms with Crippen LogP contribution < -0.4 is 10.6 Å². The summed E-state index contributed by atoms with van der Waals surface area (Å²) in [7, 11) is 0. The molecule has 1 aromatic carbocycles. The first-order valence-corrected chi connectivity index (χ1v) is 9.04. The number of thiophene rings is 1. The van der Waals surface area contributed by atoms with Crippen LogP contribution in [0.15, 0.2) is 42.5 Å². The lowest BCUT2D eigenvalue weighted by molar-refractivity contribution is 0.240. The van der Waals surface area contributed by atoms with Gasteiger partial charge in [-0.3, -0.25) is 0 Å². The van der Waals surface area contributed by atoms with Crippen LogP contribution in [0.2, 0.25) is 0 Å². The molecule has 0 aliphatic carbocycles. The summed E-state index contributed by atoms with van der Waals surface area (Å²) in [6, 6.07) is 13.9. The maximum absolute atomic E-state index is 12.1. The SMILES string of the molecule is Cc1ccc(CNC(=O)NCc2c(C)nn(-c3ccccc3)c2C)s1. The molecule has 130 valence electrons. The van der Waals surface area contributed by atoms with Crippen molar-refractivity contribution in [2.24, 2.45) is 0 Å². The lowest BCUT2D eigenvalue weighted by Gasteiger charge is -2.08. The van der Waals surface area contributed by atoms with Crippen molar-refractivity contribution in [2.75, 3.05) is 0 Å². The zero-order valence-electron chi connectivity index (χ0n) is 14.7. The average molecular weight is 354 g/mol. The first-order chi connectivity index (χ1) is 12.0. The molecule has 0 aliphatic rings. The first kappa shape index (κ1) is 17.2. The lowest BCUT2D eigenvalue weighted by Crippen LogP contribution is -2.34. The minimum atomic E-state index is -0.169. The number of amides is 2. The third-order valence-electron chi connectivity index (χ3n) is 4.09. The molecule has 25 heavy (non-hydrogen) atoms. The Bertz CT molecular complexity index is 867. The smallest absolute Gasteiger partial charge is 0.315 e. The summed E-state index contributed by atoms with van der Waals surface area (Å²) >= 11 is 1.69. The zero-order valence-corrected chi connectivity index (χ0v) is 15.5. The van der Waals surface area contributed by atoms with Gasteiger partial charge in [0.15, 0.2) is 0 Å². The van der Waals surface area contributed by atoms with Crippen LogP contribution in [0, 0.1) is 20.8 Å². The number of hydrogen-bond donors (Lipinski definition) is 2. The molecule has 0 fully saturated rings. The molecule has 0 atom stereocenters. The second-order valence-corrected chi connectivity index (χ2v) is 7.32. The molecule has 0 saturated carbocycles. The molecule has 2 heterocycles. The van der Waals surface area contributed by atoms with Gasteiger partial charge in [-0.25, -0.2) is 9.48 Å². The number of aromatic nitrogens is 2. The molecule has 3 rings (SSSR count). The van der Waals surface area contributed by atoms with E-state index >= 15 is 0 Å². The Hall–Kier alpha value is -2.60. The standard InChI is InChI=1S/C19H22N4OS/c1-13-9-10-17(25-13)11-20-19(24)21-12-18-14(2)22-23(15(18)3)16-7-5-4-6-8-16/h4-10H,11-12H2,1-3H3,(H2,20,21,24). The number of nitrogens with one attached hydrogen (secondary N) is 2. The average Bonchev–Trinajstić information content (AvgIpc) is 3.15. The highest BCUT2D eigenvalue weighted by molar-refractivity contribution is 7.11. The number of carbonyl (C=O) groups is 1. The molecule has 0 spiro atoms. The van der Waals surface area contributed by atoms with Gasteiger partial charge < -0.3 is 10.6 Å². The molecule has 0 bridgehead atoms. The van der Waals surface area contributed by atoms with E-state index in [0.717, 1.165) is 27.5 Å². The van der Waals surface area contributed by atoms with Gasteiger partial charge in [-0.05, 0) is 45.0 Å². The van der Waals surface area contributed by atoms with Crippen molar-refractivity contribution in [1.29, 1.82) is 0 Å². The normalized spacial score (nSPS) is 10.7. The van der Waals surface area contributed by atoms with Crippen molar-refractivity contribution in [2.45, 2.75) is 33.9 Å². The first-order valence-electron chi connectivity index (χ1n) is 8.22. The van der Waals surface area contributed by atoms with Crippen LogP contribution in [-0.4, -0.2) is 15.8 Å². The molecule has 0 saturated heterocycles. The summed E-state index contributed by atoms with van der Waals surface area (Å²) in [5.41, 5.74) is 4.03. The number of aryl methyl sites for hydroxylation is 2. The van der Waals surface area contributed by atoms with Crippen LogP contribution in [0.3, 0.4) is 0 Å². The van der Waals surface area contributed by atoms with Crippen molar-refractivity contribution in [1.82, 2.24) is 20.4 Å². The molecule has 0 radical (unpaired) electrons. The Balaban J connectivity index is 1.61. The number of nitrogens with zero attached hydrogens (tertiary/aromatic N) is 2. The fraction of sp³-hybridized carbons (Fsp3) is 0.263. The molecule has 3 aromatic rings. The maximum atomic E-state index is 12.1. The number of rotatable bonds is 5. The molecule has 0 unspecified atom stereocenters. The lowest BCUT2D eigenvalue weighted by atomic mass is 10.2. The van der Waals surface area contributed by atoms with Gasteiger partial charge in [-0.15, -0.1) is 11.3 Å². The quantitative estimate of drug-likeness (QED) is 0.731. The summed E-state index contributed by atoms with van der Waals surface area (Å²) in [6.07, 6.45) is 0. The fourth-order valence-corrected chi connectivity index (χ4v) is 3.56. The second kappa shape index (κ2) is 7.53. The summed E-state index contributed by atoms with van der Waals surface area (Å²) in [5, 5.41) is 10.4. The highest BCUT2D eigenvalue weighted by atomic mass is 32.1. The van der Waals surface area contributed by atoms with Crippen molar-refractivity contribution in [3.05, 3.63) is 69.2 Å². The maximum Gasteiger partial charge on any atom is 0.315 e. The minimum absolute atomic E-state index is 0.169. The van der Waals surface area contributed by atoms with E-state index in [2.05, 4.69) is 28.7 Å². The molecular weight excluding hydrogens is 332 g/mol. The van der Waals surface area contributed by atoms with Gasteiger partial charge in [0, 0.05) is 27.6 Å². The van der Waals surface area contributed by atoms with E-state index in [9.17, 15) is 4.79 Å². The van der Waals surface area contributed by atoms with Gasteiger partial charge in [0.2, 0.25) is 0 Å². The number of hydrogen-bond acceptors (Lipinski definition) is 3. The second-order valence-electron chi connectivity index (χ2n) is 5.95. The third kappa shape index (κ3) is 4.09. The fourth-order valence-electron chi connectivity index (χ4n) is 2.73. The highest BCUT2D eigenvalue weighted by Crippen LogP contribution is 2.17. The molecular formula is C19H22N4OS. The Morgan fingerprint density at radius 3 is 2.44 bits per heavy atom. The molecule has 6 heteroatoms. The van der Waals surface area contributed by atoms with Gasteiger partial charge in [0.25, 0.3) is 0 Å². The van der Waals surface area contributed by atoms with Gasteiger partial charge in [-0.1, -0.05) is 18.2 Å². The van der Waals surface area contributed by atoms with Crippen LogP contribution in [0.1, 0.15) is 26.7 Å². The van der Waals surface area contributed by atoms with E-state index in [0.29, 0.717) is 13.1 Å². The highest BCUT2D eigenvalue weighted by Gasteiger charge is 2.13. The molecule has 5 nitrogen and oxygen atoms in total. The van der Waals surface area contributed by atoms with Crippen molar-refractivity contribution >= 4 is 17.4 Å². The Morgan fingerprint density at radius 1 is 1.04 bits per heavy atom. The Labute approximate surface area is 151 Å². The van der Waals surface area contributed by atoms with E-state index in [1.54, 1.807) is 11.3 Å². The predicted molar refractivity (Wildman–Crippen MR) is 101 cm³/mol. The zero-order chi connectivity index (χ0) is 17.8. The molecule has 2 amide bonds. The Morgan fingerprint density at radius 2 is 1.76 bits per heavy atom. The van der Waals surface area contributed by atoms with Crippen LogP contribution in [0.5, 0.6) is 0 Å². The predicted octanol–water partition coefficient (Wildman–Crippen LogP) is 3.86. The van der Waals surface area contributed by atoms with Crippen LogP contribution in [-0.2, 0) is 13.1 Å². The number of carbonyl (C=O) groups excluding carboxylic acids is 1. The van der Waals surface area contributed by atoms with Gasteiger partial charge in [0.05, 0.1) is 17.9 Å². The summed E-state index contributed by atoms with van der Waals surface area (Å²) < 4.78 is 1.92. The number of para-hydroxylation sites is 1. The number of urea groups is 1.